The number of halogens is 1. The zero-order valence-corrected chi connectivity index (χ0v) is 11.6. The van der Waals surface area contributed by atoms with E-state index in [1.807, 2.05) is 6.92 Å². The summed E-state index contributed by atoms with van der Waals surface area (Å²) in [4.78, 5) is 25.0. The Bertz CT molecular complexity index is 533. The number of hydrogen-bond donors (Lipinski definition) is 2. The third-order valence-corrected chi connectivity index (χ3v) is 3.30. The van der Waals surface area contributed by atoms with Crippen LogP contribution in [0.4, 0.5) is 10.1 Å². The number of carbonyl (C=O) groups is 2. The van der Waals surface area contributed by atoms with Gasteiger partial charge in [0.05, 0.1) is 6.54 Å². The highest BCUT2D eigenvalue weighted by Gasteiger charge is 2.32. The Morgan fingerprint density at radius 1 is 1.40 bits per heavy atom. The lowest BCUT2D eigenvalue weighted by atomic mass is 10.1. The van der Waals surface area contributed by atoms with E-state index in [2.05, 4.69) is 10.6 Å². The number of rotatable bonds is 4. The average molecular weight is 279 g/mol. The third kappa shape index (κ3) is 2.96. The monoisotopic (exact) mass is 279 g/mol. The highest BCUT2D eigenvalue weighted by Crippen LogP contribution is 2.23. The maximum Gasteiger partial charge on any atom is 0.249 e. The van der Waals surface area contributed by atoms with Crippen molar-refractivity contribution in [3.63, 3.8) is 0 Å². The average Bonchev–Trinajstić information content (AvgIpc) is 2.37. The molecule has 1 aromatic rings. The summed E-state index contributed by atoms with van der Waals surface area (Å²) in [6.45, 7) is 2.45. The summed E-state index contributed by atoms with van der Waals surface area (Å²) in [7, 11) is 1.78. The summed E-state index contributed by atoms with van der Waals surface area (Å²) in [5.41, 5.74) is 1.33. The molecule has 1 aliphatic rings. The number of anilines is 1. The summed E-state index contributed by atoms with van der Waals surface area (Å²) in [6, 6.07) is 4.14. The van der Waals surface area contributed by atoms with Gasteiger partial charge in [-0.15, -0.1) is 0 Å². The van der Waals surface area contributed by atoms with E-state index in [0.717, 1.165) is 5.56 Å². The minimum absolute atomic E-state index is 0.0622. The molecule has 2 rings (SSSR count). The van der Waals surface area contributed by atoms with Crippen molar-refractivity contribution >= 4 is 17.5 Å². The molecule has 2 N–H and O–H groups in total. The molecular formula is C14H18FN3O2. The maximum absolute atomic E-state index is 13.7. The SMILES string of the molecule is CCC1C(=O)NC(=O)CN1c1cc(F)cc(CNC)c1. The van der Waals surface area contributed by atoms with E-state index in [-0.39, 0.29) is 24.2 Å². The molecule has 0 aliphatic carbocycles. The normalized spacial score (nSPS) is 19.1. The van der Waals surface area contributed by atoms with Gasteiger partial charge in [0.2, 0.25) is 11.8 Å². The van der Waals surface area contributed by atoms with Gasteiger partial charge in [0.25, 0.3) is 0 Å². The van der Waals surface area contributed by atoms with Gasteiger partial charge in [0.15, 0.2) is 0 Å². The van der Waals surface area contributed by atoms with Crippen molar-refractivity contribution in [2.75, 3.05) is 18.5 Å². The molecule has 1 unspecified atom stereocenters. The molecule has 0 saturated carbocycles. The molecule has 1 saturated heterocycles. The van der Waals surface area contributed by atoms with Gasteiger partial charge in [0, 0.05) is 12.2 Å². The highest BCUT2D eigenvalue weighted by atomic mass is 19.1. The summed E-state index contributed by atoms with van der Waals surface area (Å²) >= 11 is 0. The quantitative estimate of drug-likeness (QED) is 0.800. The molecule has 6 heteroatoms. The van der Waals surface area contributed by atoms with Crippen LogP contribution in [-0.4, -0.2) is 31.4 Å². The number of amides is 2. The number of nitrogens with zero attached hydrogens (tertiary/aromatic N) is 1. The summed E-state index contributed by atoms with van der Waals surface area (Å²) in [6.07, 6.45) is 0.553. The van der Waals surface area contributed by atoms with E-state index in [1.54, 1.807) is 18.0 Å². The van der Waals surface area contributed by atoms with Crippen LogP contribution >= 0.6 is 0 Å². The fraction of sp³-hybridized carbons (Fsp3) is 0.429. The number of imide groups is 1. The Hall–Kier alpha value is -1.95. The van der Waals surface area contributed by atoms with Crippen LogP contribution < -0.4 is 15.5 Å². The van der Waals surface area contributed by atoms with Crippen LogP contribution in [0.15, 0.2) is 18.2 Å². The molecule has 108 valence electrons. The van der Waals surface area contributed by atoms with Crippen LogP contribution in [0.25, 0.3) is 0 Å². The second-order valence-electron chi connectivity index (χ2n) is 4.81. The summed E-state index contributed by atoms with van der Waals surface area (Å²) < 4.78 is 13.7. The topological polar surface area (TPSA) is 61.4 Å². The van der Waals surface area contributed by atoms with Gasteiger partial charge in [-0.1, -0.05) is 6.92 Å². The van der Waals surface area contributed by atoms with Crippen molar-refractivity contribution in [2.24, 2.45) is 0 Å². The van der Waals surface area contributed by atoms with Crippen LogP contribution in [0.1, 0.15) is 18.9 Å². The van der Waals surface area contributed by atoms with Crippen LogP contribution in [0.5, 0.6) is 0 Å². The van der Waals surface area contributed by atoms with E-state index in [0.29, 0.717) is 18.7 Å². The molecule has 0 spiro atoms. The van der Waals surface area contributed by atoms with Gasteiger partial charge < -0.3 is 10.2 Å². The van der Waals surface area contributed by atoms with Crippen LogP contribution in [0.2, 0.25) is 0 Å². The Morgan fingerprint density at radius 3 is 2.80 bits per heavy atom. The Kier molecular flexibility index (Phi) is 4.34. The van der Waals surface area contributed by atoms with Gasteiger partial charge in [-0.2, -0.15) is 0 Å². The van der Waals surface area contributed by atoms with Crippen molar-refractivity contribution in [2.45, 2.75) is 25.9 Å². The molecule has 1 aliphatic heterocycles. The smallest absolute Gasteiger partial charge is 0.249 e. The molecule has 5 nitrogen and oxygen atoms in total. The highest BCUT2D eigenvalue weighted by molar-refractivity contribution is 6.04. The number of nitrogens with one attached hydrogen (secondary N) is 2. The second-order valence-corrected chi connectivity index (χ2v) is 4.81. The molecule has 1 fully saturated rings. The molecule has 1 heterocycles. The van der Waals surface area contributed by atoms with Gasteiger partial charge in [0.1, 0.15) is 11.9 Å². The number of piperazine rings is 1. The molecule has 0 aromatic heterocycles. The second kappa shape index (κ2) is 6.00. The number of carbonyl (C=O) groups excluding carboxylic acids is 2. The van der Waals surface area contributed by atoms with Crippen molar-refractivity contribution in [1.82, 2.24) is 10.6 Å². The Morgan fingerprint density at radius 2 is 2.15 bits per heavy atom. The first kappa shape index (κ1) is 14.5. The van der Waals surface area contributed by atoms with E-state index < -0.39 is 6.04 Å². The van der Waals surface area contributed by atoms with E-state index in [9.17, 15) is 14.0 Å². The molecule has 1 atom stereocenters. The molecule has 0 bridgehead atoms. The molecule has 0 radical (unpaired) electrons. The summed E-state index contributed by atoms with van der Waals surface area (Å²) in [5.74, 6) is -1.07. The number of hydrogen-bond acceptors (Lipinski definition) is 4. The summed E-state index contributed by atoms with van der Waals surface area (Å²) in [5, 5.41) is 5.26. The fourth-order valence-electron chi connectivity index (χ4n) is 2.45. The van der Waals surface area contributed by atoms with Gasteiger partial charge in [-0.25, -0.2) is 4.39 Å². The van der Waals surface area contributed by atoms with Crippen LogP contribution in [0.3, 0.4) is 0 Å². The van der Waals surface area contributed by atoms with Gasteiger partial charge >= 0.3 is 0 Å². The van der Waals surface area contributed by atoms with Crippen molar-refractivity contribution in [3.8, 4) is 0 Å². The standard InChI is InChI=1S/C14H18FN3O2/c1-3-12-14(20)17-13(19)8-18(12)11-5-9(7-16-2)4-10(15)6-11/h4-6,12,16H,3,7-8H2,1-2H3,(H,17,19,20). The van der Waals surface area contributed by atoms with E-state index >= 15 is 0 Å². The fourth-order valence-corrected chi connectivity index (χ4v) is 2.45. The molecular weight excluding hydrogens is 261 g/mol. The lowest BCUT2D eigenvalue weighted by molar-refractivity contribution is -0.132. The number of benzene rings is 1. The maximum atomic E-state index is 13.7. The molecule has 1 aromatic carbocycles. The largest absolute Gasteiger partial charge is 0.350 e. The first-order valence-electron chi connectivity index (χ1n) is 6.59. The zero-order chi connectivity index (χ0) is 14.7. The van der Waals surface area contributed by atoms with Crippen LogP contribution in [0, 0.1) is 5.82 Å². The minimum Gasteiger partial charge on any atom is -0.350 e. The Balaban J connectivity index is 2.36. The minimum atomic E-state index is -0.447. The van der Waals surface area contributed by atoms with Crippen molar-refractivity contribution < 1.29 is 14.0 Å². The van der Waals surface area contributed by atoms with Crippen molar-refractivity contribution in [3.05, 3.63) is 29.6 Å². The Labute approximate surface area is 117 Å². The molecule has 2 amide bonds. The first-order valence-corrected chi connectivity index (χ1v) is 6.59. The lowest BCUT2D eigenvalue weighted by Gasteiger charge is -2.35. The van der Waals surface area contributed by atoms with E-state index in [4.69, 9.17) is 0 Å². The molecule has 20 heavy (non-hydrogen) atoms. The van der Waals surface area contributed by atoms with Gasteiger partial charge in [-0.3, -0.25) is 14.9 Å². The first-order chi connectivity index (χ1) is 9.55. The third-order valence-electron chi connectivity index (χ3n) is 3.30. The van der Waals surface area contributed by atoms with Crippen LogP contribution in [-0.2, 0) is 16.1 Å². The van der Waals surface area contributed by atoms with E-state index in [1.165, 1.54) is 12.1 Å². The van der Waals surface area contributed by atoms with Gasteiger partial charge in [-0.05, 0) is 37.2 Å². The zero-order valence-electron chi connectivity index (χ0n) is 11.6. The van der Waals surface area contributed by atoms with Crippen molar-refractivity contribution in [1.29, 1.82) is 0 Å². The predicted octanol–water partition coefficient (Wildman–Crippen LogP) is 0.786. The predicted molar refractivity (Wildman–Crippen MR) is 73.7 cm³/mol. The lowest BCUT2D eigenvalue weighted by Crippen LogP contribution is -2.58.